The molecule has 1 amide bonds. The van der Waals surface area contributed by atoms with Crippen molar-refractivity contribution in [3.63, 3.8) is 0 Å². The highest BCUT2D eigenvalue weighted by Gasteiger charge is 2.21. The van der Waals surface area contributed by atoms with Crippen LogP contribution < -0.4 is 10.1 Å². The van der Waals surface area contributed by atoms with Gasteiger partial charge in [-0.15, -0.1) is 12.4 Å². The number of ether oxygens (including phenoxy) is 1. The molecule has 6 heteroatoms. The lowest BCUT2D eigenvalue weighted by molar-refractivity contribution is 0.0698. The van der Waals surface area contributed by atoms with E-state index in [-0.39, 0.29) is 18.3 Å². The number of para-hydroxylation sites is 1. The van der Waals surface area contributed by atoms with Gasteiger partial charge in [-0.3, -0.25) is 4.79 Å². The third-order valence-electron chi connectivity index (χ3n) is 3.16. The van der Waals surface area contributed by atoms with E-state index in [0.717, 1.165) is 13.1 Å². The molecule has 5 nitrogen and oxygen atoms in total. The highest BCUT2D eigenvalue weighted by molar-refractivity contribution is 5.91. The van der Waals surface area contributed by atoms with Gasteiger partial charge in [0.1, 0.15) is 5.75 Å². The Kier molecular flexibility index (Phi) is 5.25. The number of furan rings is 1. The summed E-state index contributed by atoms with van der Waals surface area (Å²) in [4.78, 5) is 14.0. The first kappa shape index (κ1) is 15.4. The van der Waals surface area contributed by atoms with Crippen LogP contribution in [0.25, 0.3) is 0 Å². The van der Waals surface area contributed by atoms with Crippen molar-refractivity contribution in [3.8, 4) is 11.7 Å². The number of benzene rings is 1. The molecule has 0 aliphatic carbocycles. The highest BCUT2D eigenvalue weighted by atomic mass is 35.5. The van der Waals surface area contributed by atoms with E-state index >= 15 is 0 Å². The van der Waals surface area contributed by atoms with Crippen LogP contribution in [0.1, 0.15) is 10.6 Å². The van der Waals surface area contributed by atoms with Crippen molar-refractivity contribution in [1.82, 2.24) is 10.2 Å². The predicted octanol–water partition coefficient (Wildman–Crippen LogP) is 2.54. The van der Waals surface area contributed by atoms with Gasteiger partial charge < -0.3 is 19.4 Å². The van der Waals surface area contributed by atoms with Crippen molar-refractivity contribution < 1.29 is 13.9 Å². The highest BCUT2D eigenvalue weighted by Crippen LogP contribution is 2.24. The number of amides is 1. The van der Waals surface area contributed by atoms with Gasteiger partial charge in [0.25, 0.3) is 11.9 Å². The molecule has 1 aromatic heterocycles. The third kappa shape index (κ3) is 3.77. The molecule has 1 aliphatic heterocycles. The molecule has 0 radical (unpaired) electrons. The molecule has 2 aromatic rings. The van der Waals surface area contributed by atoms with Crippen molar-refractivity contribution in [1.29, 1.82) is 0 Å². The number of nitrogens with one attached hydrogen (secondary N) is 1. The fourth-order valence-electron chi connectivity index (χ4n) is 2.12. The van der Waals surface area contributed by atoms with E-state index in [0.29, 0.717) is 30.5 Å². The molecule has 0 atom stereocenters. The molecule has 1 saturated heterocycles. The van der Waals surface area contributed by atoms with Gasteiger partial charge in [0.15, 0.2) is 5.76 Å². The monoisotopic (exact) mass is 308 g/mol. The number of nitrogens with zero attached hydrogens (tertiary/aromatic N) is 1. The number of halogens is 1. The fourth-order valence-corrected chi connectivity index (χ4v) is 2.12. The number of hydrogen-bond acceptors (Lipinski definition) is 4. The molecule has 0 spiro atoms. The average molecular weight is 309 g/mol. The number of carbonyl (C=O) groups is 1. The Labute approximate surface area is 129 Å². The largest absolute Gasteiger partial charge is 0.426 e. The summed E-state index contributed by atoms with van der Waals surface area (Å²) in [6, 6.07) is 12.7. The van der Waals surface area contributed by atoms with E-state index in [2.05, 4.69) is 5.32 Å². The molecule has 112 valence electrons. The molecular weight excluding hydrogens is 292 g/mol. The van der Waals surface area contributed by atoms with E-state index in [1.54, 1.807) is 17.0 Å². The Morgan fingerprint density at radius 1 is 1.10 bits per heavy atom. The molecular formula is C15H17ClN2O3. The van der Waals surface area contributed by atoms with E-state index < -0.39 is 0 Å². The van der Waals surface area contributed by atoms with Gasteiger partial charge in [-0.05, 0) is 18.2 Å². The quantitative estimate of drug-likeness (QED) is 0.947. The topological polar surface area (TPSA) is 54.7 Å². The number of rotatable bonds is 3. The zero-order valence-corrected chi connectivity index (χ0v) is 12.3. The Morgan fingerprint density at radius 3 is 2.52 bits per heavy atom. The second-order valence-electron chi connectivity index (χ2n) is 4.58. The Bertz CT molecular complexity index is 580. The lowest BCUT2D eigenvalue weighted by atomic mass is 10.3. The van der Waals surface area contributed by atoms with Gasteiger partial charge in [0.2, 0.25) is 0 Å². The van der Waals surface area contributed by atoms with E-state index in [9.17, 15) is 4.79 Å². The van der Waals surface area contributed by atoms with Crippen LogP contribution in [0.15, 0.2) is 46.9 Å². The first-order chi connectivity index (χ1) is 9.83. The van der Waals surface area contributed by atoms with Gasteiger partial charge in [-0.1, -0.05) is 18.2 Å². The Balaban J connectivity index is 0.00000161. The lowest BCUT2D eigenvalue weighted by Gasteiger charge is -2.26. The predicted molar refractivity (Wildman–Crippen MR) is 81.2 cm³/mol. The van der Waals surface area contributed by atoms with Gasteiger partial charge in [0.05, 0.1) is 0 Å². The summed E-state index contributed by atoms with van der Waals surface area (Å²) in [7, 11) is 0. The van der Waals surface area contributed by atoms with Crippen molar-refractivity contribution >= 4 is 18.3 Å². The minimum absolute atomic E-state index is 0. The summed E-state index contributed by atoms with van der Waals surface area (Å²) >= 11 is 0. The van der Waals surface area contributed by atoms with Crippen LogP contribution in [0.4, 0.5) is 0 Å². The van der Waals surface area contributed by atoms with Crippen LogP contribution in [-0.4, -0.2) is 37.0 Å². The molecule has 21 heavy (non-hydrogen) atoms. The van der Waals surface area contributed by atoms with E-state index in [4.69, 9.17) is 9.15 Å². The molecule has 0 saturated carbocycles. The zero-order chi connectivity index (χ0) is 13.8. The number of carbonyl (C=O) groups excluding carboxylic acids is 1. The summed E-state index contributed by atoms with van der Waals surface area (Å²) in [5, 5.41) is 3.21. The van der Waals surface area contributed by atoms with Gasteiger partial charge >= 0.3 is 0 Å². The molecule has 0 unspecified atom stereocenters. The maximum atomic E-state index is 12.2. The van der Waals surface area contributed by atoms with Gasteiger partial charge in [0, 0.05) is 32.2 Å². The summed E-state index contributed by atoms with van der Waals surface area (Å²) < 4.78 is 11.0. The maximum Gasteiger partial charge on any atom is 0.290 e. The molecule has 0 bridgehead atoms. The first-order valence-corrected chi connectivity index (χ1v) is 6.66. The minimum Gasteiger partial charge on any atom is -0.426 e. The summed E-state index contributed by atoms with van der Waals surface area (Å²) in [6.07, 6.45) is 0. The van der Waals surface area contributed by atoms with E-state index in [1.807, 2.05) is 30.3 Å². The molecule has 1 N–H and O–H groups in total. The fraction of sp³-hybridized carbons (Fsp3) is 0.267. The van der Waals surface area contributed by atoms with Crippen molar-refractivity contribution in [2.45, 2.75) is 0 Å². The normalized spacial score (nSPS) is 14.4. The van der Waals surface area contributed by atoms with Gasteiger partial charge in [-0.2, -0.15) is 0 Å². The van der Waals surface area contributed by atoms with Crippen LogP contribution in [0, 0.1) is 0 Å². The maximum absolute atomic E-state index is 12.2. The van der Waals surface area contributed by atoms with Crippen molar-refractivity contribution in [2.75, 3.05) is 26.2 Å². The van der Waals surface area contributed by atoms with Crippen LogP contribution in [-0.2, 0) is 0 Å². The number of piperazine rings is 1. The molecule has 1 aliphatic rings. The van der Waals surface area contributed by atoms with E-state index in [1.165, 1.54) is 0 Å². The van der Waals surface area contributed by atoms with Crippen LogP contribution >= 0.6 is 12.4 Å². The molecule has 2 heterocycles. The standard InChI is InChI=1S/C15H16N2O3.ClH/c18-15(17-10-8-16-9-11-17)13-6-7-14(20-13)19-12-4-2-1-3-5-12;/h1-7,16H,8-11H2;1H. The van der Waals surface area contributed by atoms with Crippen LogP contribution in [0.5, 0.6) is 11.7 Å². The van der Waals surface area contributed by atoms with Crippen molar-refractivity contribution in [2.24, 2.45) is 0 Å². The Morgan fingerprint density at radius 2 is 1.81 bits per heavy atom. The zero-order valence-electron chi connectivity index (χ0n) is 11.5. The smallest absolute Gasteiger partial charge is 0.290 e. The lowest BCUT2D eigenvalue weighted by Crippen LogP contribution is -2.46. The number of hydrogen-bond donors (Lipinski definition) is 1. The summed E-state index contributed by atoms with van der Waals surface area (Å²) in [5.74, 6) is 1.24. The average Bonchev–Trinajstić information content (AvgIpc) is 2.97. The SMILES string of the molecule is Cl.O=C(c1ccc(Oc2ccccc2)o1)N1CCNCC1. The van der Waals surface area contributed by atoms with Gasteiger partial charge in [-0.25, -0.2) is 0 Å². The molecule has 3 rings (SSSR count). The second kappa shape index (κ2) is 7.15. The molecule has 1 fully saturated rings. The first-order valence-electron chi connectivity index (χ1n) is 6.66. The summed E-state index contributed by atoms with van der Waals surface area (Å²) in [5.41, 5.74) is 0. The third-order valence-corrected chi connectivity index (χ3v) is 3.16. The summed E-state index contributed by atoms with van der Waals surface area (Å²) in [6.45, 7) is 3.04. The Hall–Kier alpha value is -1.98. The molecule has 1 aromatic carbocycles. The second-order valence-corrected chi connectivity index (χ2v) is 4.58. The van der Waals surface area contributed by atoms with Crippen LogP contribution in [0.3, 0.4) is 0 Å². The van der Waals surface area contributed by atoms with Crippen LogP contribution in [0.2, 0.25) is 0 Å². The minimum atomic E-state index is -0.0885. The van der Waals surface area contributed by atoms with Crippen molar-refractivity contribution in [3.05, 3.63) is 48.2 Å².